The van der Waals surface area contributed by atoms with Gasteiger partial charge in [0.2, 0.25) is 0 Å². The summed E-state index contributed by atoms with van der Waals surface area (Å²) in [6.07, 6.45) is 1.93. The molecule has 0 rings (SSSR count). The number of carbonyl (C=O) groups is 1. The van der Waals surface area contributed by atoms with Crippen molar-refractivity contribution in [3.8, 4) is 0 Å². The molecule has 3 heteroatoms. The first-order valence-corrected chi connectivity index (χ1v) is 4.47. The van der Waals surface area contributed by atoms with Gasteiger partial charge in [-0.2, -0.15) is 0 Å². The van der Waals surface area contributed by atoms with E-state index in [9.17, 15) is 4.79 Å². The van der Waals surface area contributed by atoms with Crippen molar-refractivity contribution >= 4 is 5.97 Å². The van der Waals surface area contributed by atoms with Gasteiger partial charge in [-0.05, 0) is 13.3 Å². The summed E-state index contributed by atoms with van der Waals surface area (Å²) >= 11 is 0. The molecule has 3 nitrogen and oxygen atoms in total. The van der Waals surface area contributed by atoms with Gasteiger partial charge in [-0.1, -0.05) is 19.9 Å². The van der Waals surface area contributed by atoms with Gasteiger partial charge in [0.05, 0.1) is 6.10 Å². The molecule has 0 heterocycles. The monoisotopic (exact) mass is 186 g/mol. The van der Waals surface area contributed by atoms with Crippen molar-refractivity contribution in [3.63, 3.8) is 0 Å². The zero-order valence-corrected chi connectivity index (χ0v) is 8.63. The van der Waals surface area contributed by atoms with Crippen molar-refractivity contribution in [3.05, 3.63) is 12.2 Å². The average molecular weight is 186 g/mol. The molecule has 1 atom stereocenters. The van der Waals surface area contributed by atoms with E-state index in [1.807, 2.05) is 0 Å². The third kappa shape index (κ3) is 5.42. The van der Waals surface area contributed by atoms with Crippen LogP contribution >= 0.6 is 0 Å². The summed E-state index contributed by atoms with van der Waals surface area (Å²) in [7, 11) is 1.62. The van der Waals surface area contributed by atoms with Crippen LogP contribution < -0.4 is 0 Å². The number of hydrogen-bond donors (Lipinski definition) is 0. The first-order valence-electron chi connectivity index (χ1n) is 4.47. The highest BCUT2D eigenvalue weighted by atomic mass is 16.6. The Hall–Kier alpha value is -0.830. The molecule has 0 spiro atoms. The second-order valence-electron chi connectivity index (χ2n) is 3.03. The molecule has 0 amide bonds. The van der Waals surface area contributed by atoms with Crippen molar-refractivity contribution < 1.29 is 14.3 Å². The molecule has 0 aromatic carbocycles. The molecule has 0 fully saturated rings. The van der Waals surface area contributed by atoms with E-state index in [4.69, 9.17) is 9.47 Å². The minimum atomic E-state index is -0.349. The Balaban J connectivity index is 3.71. The zero-order valence-electron chi connectivity index (χ0n) is 8.63. The van der Waals surface area contributed by atoms with Crippen LogP contribution in [0.2, 0.25) is 0 Å². The molecule has 0 aromatic heterocycles. The van der Waals surface area contributed by atoms with Gasteiger partial charge in [-0.3, -0.25) is 0 Å². The standard InChI is InChI=1S/C10H18O3/c1-5-6-9(12-4)7-13-10(11)8(2)3/h9H,2,5-7H2,1,3-4H3. The van der Waals surface area contributed by atoms with Crippen LogP contribution in [0.4, 0.5) is 0 Å². The Morgan fingerprint density at radius 2 is 2.15 bits per heavy atom. The largest absolute Gasteiger partial charge is 0.460 e. The van der Waals surface area contributed by atoms with Crippen LogP contribution in [0, 0.1) is 0 Å². The quantitative estimate of drug-likeness (QED) is 0.469. The van der Waals surface area contributed by atoms with Gasteiger partial charge < -0.3 is 9.47 Å². The summed E-state index contributed by atoms with van der Waals surface area (Å²) in [5.41, 5.74) is 0.423. The van der Waals surface area contributed by atoms with Crippen molar-refractivity contribution in [2.45, 2.75) is 32.8 Å². The van der Waals surface area contributed by atoms with E-state index in [0.717, 1.165) is 12.8 Å². The van der Waals surface area contributed by atoms with Crippen LogP contribution in [0.3, 0.4) is 0 Å². The Labute approximate surface area is 79.7 Å². The summed E-state index contributed by atoms with van der Waals surface area (Å²) in [5.74, 6) is -0.349. The number of esters is 1. The summed E-state index contributed by atoms with van der Waals surface area (Å²) in [5, 5.41) is 0. The summed E-state index contributed by atoms with van der Waals surface area (Å²) < 4.78 is 10.1. The average Bonchev–Trinajstić information content (AvgIpc) is 2.11. The van der Waals surface area contributed by atoms with Crippen LogP contribution in [0.25, 0.3) is 0 Å². The molecule has 0 saturated heterocycles. The number of ether oxygens (including phenoxy) is 2. The Morgan fingerprint density at radius 3 is 2.54 bits per heavy atom. The summed E-state index contributed by atoms with van der Waals surface area (Å²) in [4.78, 5) is 11.0. The first-order chi connectivity index (χ1) is 6.11. The maximum atomic E-state index is 11.0. The van der Waals surface area contributed by atoms with Crippen LogP contribution in [0.1, 0.15) is 26.7 Å². The second-order valence-corrected chi connectivity index (χ2v) is 3.03. The van der Waals surface area contributed by atoms with E-state index in [1.54, 1.807) is 14.0 Å². The van der Waals surface area contributed by atoms with Crippen LogP contribution in [-0.4, -0.2) is 25.8 Å². The lowest BCUT2D eigenvalue weighted by Crippen LogP contribution is -2.20. The molecule has 0 N–H and O–H groups in total. The lowest BCUT2D eigenvalue weighted by molar-refractivity contribution is -0.142. The first kappa shape index (κ1) is 12.2. The minimum Gasteiger partial charge on any atom is -0.460 e. The molecule has 0 saturated carbocycles. The maximum absolute atomic E-state index is 11.0. The van der Waals surface area contributed by atoms with E-state index in [0.29, 0.717) is 12.2 Å². The minimum absolute atomic E-state index is 0.00769. The highest BCUT2D eigenvalue weighted by Gasteiger charge is 2.09. The molecule has 0 aromatic rings. The van der Waals surface area contributed by atoms with Gasteiger partial charge in [0.25, 0.3) is 0 Å². The highest BCUT2D eigenvalue weighted by Crippen LogP contribution is 2.02. The summed E-state index contributed by atoms with van der Waals surface area (Å²) in [6, 6.07) is 0. The van der Waals surface area contributed by atoms with Crippen molar-refractivity contribution in [1.29, 1.82) is 0 Å². The molecular formula is C10H18O3. The lowest BCUT2D eigenvalue weighted by atomic mass is 10.2. The molecular weight excluding hydrogens is 168 g/mol. The molecule has 0 bridgehead atoms. The molecule has 0 aliphatic rings. The predicted molar refractivity (Wildman–Crippen MR) is 51.5 cm³/mol. The normalized spacial score (nSPS) is 12.2. The molecule has 76 valence electrons. The van der Waals surface area contributed by atoms with Gasteiger partial charge in [-0.15, -0.1) is 0 Å². The number of hydrogen-bond acceptors (Lipinski definition) is 3. The lowest BCUT2D eigenvalue weighted by Gasteiger charge is -2.14. The van der Waals surface area contributed by atoms with E-state index in [2.05, 4.69) is 13.5 Å². The smallest absolute Gasteiger partial charge is 0.333 e. The van der Waals surface area contributed by atoms with E-state index < -0.39 is 0 Å². The molecule has 0 aliphatic carbocycles. The molecule has 1 unspecified atom stereocenters. The van der Waals surface area contributed by atoms with Crippen molar-refractivity contribution in [2.75, 3.05) is 13.7 Å². The van der Waals surface area contributed by atoms with Crippen molar-refractivity contribution in [1.82, 2.24) is 0 Å². The molecule has 13 heavy (non-hydrogen) atoms. The third-order valence-electron chi connectivity index (χ3n) is 1.69. The third-order valence-corrected chi connectivity index (χ3v) is 1.69. The van der Waals surface area contributed by atoms with Gasteiger partial charge in [0.15, 0.2) is 0 Å². The van der Waals surface area contributed by atoms with Gasteiger partial charge >= 0.3 is 5.97 Å². The Kier molecular flexibility index (Phi) is 6.24. The van der Waals surface area contributed by atoms with Crippen LogP contribution in [0.15, 0.2) is 12.2 Å². The highest BCUT2D eigenvalue weighted by molar-refractivity contribution is 5.86. The van der Waals surface area contributed by atoms with Crippen LogP contribution in [0.5, 0.6) is 0 Å². The number of methoxy groups -OCH3 is 1. The SMILES string of the molecule is C=C(C)C(=O)OCC(CCC)OC. The molecule has 0 radical (unpaired) electrons. The maximum Gasteiger partial charge on any atom is 0.333 e. The van der Waals surface area contributed by atoms with Gasteiger partial charge in [0.1, 0.15) is 6.61 Å². The Morgan fingerprint density at radius 1 is 1.54 bits per heavy atom. The van der Waals surface area contributed by atoms with E-state index >= 15 is 0 Å². The zero-order chi connectivity index (χ0) is 10.3. The fourth-order valence-corrected chi connectivity index (χ4v) is 0.883. The topological polar surface area (TPSA) is 35.5 Å². The number of carbonyl (C=O) groups excluding carboxylic acids is 1. The Bertz CT molecular complexity index is 175. The van der Waals surface area contributed by atoms with E-state index in [-0.39, 0.29) is 12.1 Å². The van der Waals surface area contributed by atoms with Gasteiger partial charge in [0, 0.05) is 12.7 Å². The fourth-order valence-electron chi connectivity index (χ4n) is 0.883. The van der Waals surface area contributed by atoms with Crippen LogP contribution in [-0.2, 0) is 14.3 Å². The predicted octanol–water partition coefficient (Wildman–Crippen LogP) is 1.92. The van der Waals surface area contributed by atoms with E-state index in [1.165, 1.54) is 0 Å². The summed E-state index contributed by atoms with van der Waals surface area (Å²) in [6.45, 7) is 7.50. The molecule has 0 aliphatic heterocycles. The number of rotatable bonds is 6. The van der Waals surface area contributed by atoms with Gasteiger partial charge in [-0.25, -0.2) is 4.79 Å². The second kappa shape index (κ2) is 6.66. The fraction of sp³-hybridized carbons (Fsp3) is 0.700. The van der Waals surface area contributed by atoms with Crippen molar-refractivity contribution in [2.24, 2.45) is 0 Å².